The number of carbonyl (C=O) groups is 1. The zero-order valence-corrected chi connectivity index (χ0v) is 11.9. The fourth-order valence-corrected chi connectivity index (χ4v) is 2.41. The molecule has 1 aromatic carbocycles. The summed E-state index contributed by atoms with van der Waals surface area (Å²) in [6.07, 6.45) is 1.12. The van der Waals surface area contributed by atoms with Crippen molar-refractivity contribution in [3.05, 3.63) is 33.8 Å². The van der Waals surface area contributed by atoms with Crippen molar-refractivity contribution >= 4 is 17.5 Å². The number of aryl methyl sites for hydroxylation is 2. The maximum Gasteiger partial charge on any atom is 0.217 e. The molecule has 0 spiro atoms. The fourth-order valence-electron chi connectivity index (χ4n) is 2.19. The Kier molecular flexibility index (Phi) is 5.17. The van der Waals surface area contributed by atoms with Crippen molar-refractivity contribution in [1.29, 1.82) is 0 Å². The molecule has 0 aromatic heterocycles. The molecule has 4 N–H and O–H groups in total. The second-order valence-electron chi connectivity index (χ2n) is 5.08. The van der Waals surface area contributed by atoms with Crippen molar-refractivity contribution in [3.8, 4) is 0 Å². The van der Waals surface area contributed by atoms with Gasteiger partial charge in [-0.15, -0.1) is 0 Å². The molecule has 2 unspecified atom stereocenters. The fraction of sp³-hybridized carbons (Fsp3) is 0.500. The van der Waals surface area contributed by atoms with Gasteiger partial charge in [-0.2, -0.15) is 0 Å². The Morgan fingerprint density at radius 3 is 2.50 bits per heavy atom. The monoisotopic (exact) mass is 268 g/mol. The van der Waals surface area contributed by atoms with Gasteiger partial charge in [-0.3, -0.25) is 4.79 Å². The number of primary amides is 1. The molecule has 18 heavy (non-hydrogen) atoms. The van der Waals surface area contributed by atoms with Gasteiger partial charge in [0, 0.05) is 17.5 Å². The van der Waals surface area contributed by atoms with Gasteiger partial charge in [0.05, 0.1) is 0 Å². The summed E-state index contributed by atoms with van der Waals surface area (Å²) in [6.45, 7) is 5.95. The van der Waals surface area contributed by atoms with Gasteiger partial charge in [-0.05, 0) is 48.9 Å². The molecule has 100 valence electrons. The molecule has 0 bridgehead atoms. The van der Waals surface area contributed by atoms with Gasteiger partial charge < -0.3 is 11.5 Å². The normalized spacial score (nSPS) is 14.3. The summed E-state index contributed by atoms with van der Waals surface area (Å²) in [5, 5.41) is 0.758. The third-order valence-electron chi connectivity index (χ3n) is 3.15. The Morgan fingerprint density at radius 2 is 1.94 bits per heavy atom. The van der Waals surface area contributed by atoms with Crippen LogP contribution < -0.4 is 11.5 Å². The smallest absolute Gasteiger partial charge is 0.217 e. The number of hydrogen-bond donors (Lipinski definition) is 2. The summed E-state index contributed by atoms with van der Waals surface area (Å²) in [4.78, 5) is 10.9. The Morgan fingerprint density at radius 1 is 1.33 bits per heavy atom. The highest BCUT2D eigenvalue weighted by Crippen LogP contribution is 2.27. The van der Waals surface area contributed by atoms with E-state index in [-0.39, 0.29) is 17.9 Å². The Labute approximate surface area is 113 Å². The van der Waals surface area contributed by atoms with Crippen molar-refractivity contribution in [2.24, 2.45) is 17.4 Å². The van der Waals surface area contributed by atoms with Gasteiger partial charge in [0.2, 0.25) is 5.91 Å². The van der Waals surface area contributed by atoms with Crippen molar-refractivity contribution in [2.75, 3.05) is 0 Å². The van der Waals surface area contributed by atoms with E-state index in [2.05, 4.69) is 0 Å². The number of amides is 1. The molecule has 0 aliphatic heterocycles. The third-order valence-corrected chi connectivity index (χ3v) is 3.56. The van der Waals surface area contributed by atoms with Crippen molar-refractivity contribution in [1.82, 2.24) is 0 Å². The summed E-state index contributed by atoms with van der Waals surface area (Å²) >= 11 is 6.06. The lowest BCUT2D eigenvalue weighted by atomic mass is 9.91. The number of nitrogens with two attached hydrogens (primary N) is 2. The minimum atomic E-state index is -0.279. The average molecular weight is 269 g/mol. The Bertz CT molecular complexity index is 446. The highest BCUT2D eigenvalue weighted by atomic mass is 35.5. The lowest BCUT2D eigenvalue weighted by molar-refractivity contribution is -0.118. The van der Waals surface area contributed by atoms with Gasteiger partial charge in [0.1, 0.15) is 0 Å². The summed E-state index contributed by atoms with van der Waals surface area (Å²) in [5.74, 6) is -0.0911. The van der Waals surface area contributed by atoms with Gasteiger partial charge in [0.25, 0.3) is 0 Å². The zero-order valence-electron chi connectivity index (χ0n) is 11.2. The van der Waals surface area contributed by atoms with Crippen LogP contribution in [0.15, 0.2) is 12.1 Å². The van der Waals surface area contributed by atoms with E-state index in [1.807, 2.05) is 32.9 Å². The molecular formula is C14H21ClN2O. The van der Waals surface area contributed by atoms with E-state index in [1.54, 1.807) is 0 Å². The number of halogens is 1. The number of benzene rings is 1. The lowest BCUT2D eigenvalue weighted by Gasteiger charge is -2.19. The van der Waals surface area contributed by atoms with Crippen LogP contribution in [0.5, 0.6) is 0 Å². The van der Waals surface area contributed by atoms with E-state index in [1.165, 1.54) is 0 Å². The number of carbonyl (C=O) groups excluding carboxylic acids is 1. The zero-order chi connectivity index (χ0) is 13.9. The molecule has 1 aromatic rings. The van der Waals surface area contributed by atoms with Gasteiger partial charge in [0.15, 0.2) is 0 Å². The molecular weight excluding hydrogens is 248 g/mol. The van der Waals surface area contributed by atoms with Crippen molar-refractivity contribution in [2.45, 2.75) is 39.7 Å². The first-order valence-electron chi connectivity index (χ1n) is 6.11. The van der Waals surface area contributed by atoms with Crippen LogP contribution in [0.25, 0.3) is 0 Å². The topological polar surface area (TPSA) is 69.1 Å². The van der Waals surface area contributed by atoms with Crippen LogP contribution >= 0.6 is 11.6 Å². The van der Waals surface area contributed by atoms with Gasteiger partial charge in [-0.25, -0.2) is 0 Å². The molecule has 1 rings (SSSR count). The molecule has 1 amide bonds. The van der Waals surface area contributed by atoms with Crippen LogP contribution in [0.2, 0.25) is 5.02 Å². The van der Waals surface area contributed by atoms with E-state index >= 15 is 0 Å². The minimum absolute atomic E-state index is 0.0877. The molecule has 0 fully saturated rings. The number of hydrogen-bond acceptors (Lipinski definition) is 2. The molecule has 0 aliphatic carbocycles. The molecule has 3 nitrogen and oxygen atoms in total. The van der Waals surface area contributed by atoms with Crippen molar-refractivity contribution < 1.29 is 4.79 Å². The van der Waals surface area contributed by atoms with Gasteiger partial charge in [-0.1, -0.05) is 24.6 Å². The lowest BCUT2D eigenvalue weighted by Crippen LogP contribution is -2.20. The number of rotatable bonds is 5. The molecule has 0 radical (unpaired) electrons. The second kappa shape index (κ2) is 6.21. The maximum absolute atomic E-state index is 10.9. The second-order valence-corrected chi connectivity index (χ2v) is 5.48. The predicted octanol–water partition coefficient (Wildman–Crippen LogP) is 2.86. The van der Waals surface area contributed by atoms with Gasteiger partial charge >= 0.3 is 0 Å². The average Bonchev–Trinajstić information content (AvgIpc) is 2.21. The first-order chi connectivity index (χ1) is 8.31. The van der Waals surface area contributed by atoms with Crippen LogP contribution in [0.1, 0.15) is 42.5 Å². The van der Waals surface area contributed by atoms with Crippen LogP contribution in [-0.2, 0) is 4.79 Å². The SMILES string of the molecule is Cc1cc(C(N)CC(C)CC(N)=O)c(C)cc1Cl. The summed E-state index contributed by atoms with van der Waals surface area (Å²) in [7, 11) is 0. The van der Waals surface area contributed by atoms with Crippen LogP contribution in [0.3, 0.4) is 0 Å². The van der Waals surface area contributed by atoms with Crippen LogP contribution in [0, 0.1) is 19.8 Å². The van der Waals surface area contributed by atoms with E-state index < -0.39 is 0 Å². The third kappa shape index (κ3) is 4.00. The summed E-state index contributed by atoms with van der Waals surface area (Å²) in [5.41, 5.74) is 14.6. The van der Waals surface area contributed by atoms with E-state index in [0.29, 0.717) is 6.42 Å². The summed E-state index contributed by atoms with van der Waals surface area (Å²) < 4.78 is 0. The van der Waals surface area contributed by atoms with E-state index in [4.69, 9.17) is 23.1 Å². The standard InChI is InChI=1S/C14H21ClN2O/c1-8(5-14(17)18)4-13(16)11-6-10(3)12(15)7-9(11)2/h6-8,13H,4-5,16H2,1-3H3,(H2,17,18). The Balaban J connectivity index is 2.81. The first-order valence-corrected chi connectivity index (χ1v) is 6.49. The molecule has 0 aliphatic rings. The first kappa shape index (κ1) is 15.0. The highest BCUT2D eigenvalue weighted by molar-refractivity contribution is 6.31. The quantitative estimate of drug-likeness (QED) is 0.862. The molecule has 0 saturated carbocycles. The van der Waals surface area contributed by atoms with Crippen LogP contribution in [-0.4, -0.2) is 5.91 Å². The Hall–Kier alpha value is -1.06. The van der Waals surface area contributed by atoms with Crippen molar-refractivity contribution in [3.63, 3.8) is 0 Å². The molecule has 0 saturated heterocycles. The molecule has 2 atom stereocenters. The molecule has 4 heteroatoms. The van der Waals surface area contributed by atoms with E-state index in [9.17, 15) is 4.79 Å². The van der Waals surface area contributed by atoms with E-state index in [0.717, 1.165) is 28.1 Å². The van der Waals surface area contributed by atoms with Crippen LogP contribution in [0.4, 0.5) is 0 Å². The summed E-state index contributed by atoms with van der Waals surface area (Å²) in [6, 6.07) is 3.87. The maximum atomic E-state index is 10.9. The predicted molar refractivity (Wildman–Crippen MR) is 75.4 cm³/mol. The minimum Gasteiger partial charge on any atom is -0.370 e. The molecule has 0 heterocycles. The highest BCUT2D eigenvalue weighted by Gasteiger charge is 2.15. The largest absolute Gasteiger partial charge is 0.370 e.